The number of alkyl halides is 1. The van der Waals surface area contributed by atoms with Crippen molar-refractivity contribution in [2.75, 3.05) is 20.1 Å². The molecule has 0 radical (unpaired) electrons. The summed E-state index contributed by atoms with van der Waals surface area (Å²) < 4.78 is 0. The van der Waals surface area contributed by atoms with Crippen LogP contribution in [0.25, 0.3) is 5.57 Å². The lowest BCUT2D eigenvalue weighted by molar-refractivity contribution is 0.375. The molecule has 2 heteroatoms. The third-order valence-corrected chi connectivity index (χ3v) is 3.32. The van der Waals surface area contributed by atoms with Crippen LogP contribution in [0.5, 0.6) is 0 Å². The number of likely N-dealkylation sites (N-methyl/N-ethyl adjacent to an activating group) is 1. The molecule has 0 aromatic heterocycles. The molecule has 1 aliphatic rings. The van der Waals surface area contributed by atoms with Crippen molar-refractivity contribution >= 4 is 21.5 Å². The van der Waals surface area contributed by atoms with Gasteiger partial charge in [0.2, 0.25) is 0 Å². The van der Waals surface area contributed by atoms with Crippen LogP contribution in [0.15, 0.2) is 36.4 Å². The van der Waals surface area contributed by atoms with Gasteiger partial charge in [-0.1, -0.05) is 52.3 Å². The van der Waals surface area contributed by atoms with Gasteiger partial charge in [-0.15, -0.1) is 0 Å². The summed E-state index contributed by atoms with van der Waals surface area (Å²) in [6.07, 6.45) is 2.30. The molecule has 0 spiro atoms. The summed E-state index contributed by atoms with van der Waals surface area (Å²) in [6.45, 7) is 2.13. The predicted octanol–water partition coefficient (Wildman–Crippen LogP) is 2.78. The third kappa shape index (κ3) is 2.07. The van der Waals surface area contributed by atoms with Gasteiger partial charge in [0.05, 0.1) is 4.83 Å². The highest BCUT2D eigenvalue weighted by Crippen LogP contribution is 2.27. The summed E-state index contributed by atoms with van der Waals surface area (Å²) >= 11 is 3.72. The largest absolute Gasteiger partial charge is 0.301 e. The Balaban J connectivity index is 2.27. The first kappa shape index (κ1) is 9.94. The van der Waals surface area contributed by atoms with Gasteiger partial charge >= 0.3 is 0 Å². The zero-order valence-electron chi connectivity index (χ0n) is 8.28. The molecule has 2 rings (SSSR count). The maximum Gasteiger partial charge on any atom is 0.0525 e. The first-order valence-electron chi connectivity index (χ1n) is 4.85. The molecule has 1 aliphatic heterocycles. The second-order valence-corrected chi connectivity index (χ2v) is 4.82. The zero-order valence-corrected chi connectivity index (χ0v) is 9.87. The Hall–Kier alpha value is -0.600. The van der Waals surface area contributed by atoms with Crippen molar-refractivity contribution in [3.05, 3.63) is 42.0 Å². The Kier molecular flexibility index (Phi) is 3.04. The van der Waals surface area contributed by atoms with E-state index in [9.17, 15) is 0 Å². The van der Waals surface area contributed by atoms with E-state index >= 15 is 0 Å². The molecule has 1 heterocycles. The molecule has 0 amide bonds. The van der Waals surface area contributed by atoms with Gasteiger partial charge in [0.25, 0.3) is 0 Å². The highest BCUT2D eigenvalue weighted by atomic mass is 79.9. The highest BCUT2D eigenvalue weighted by molar-refractivity contribution is 9.09. The molecule has 0 saturated heterocycles. The Labute approximate surface area is 93.6 Å². The lowest BCUT2D eigenvalue weighted by atomic mass is 10.00. The minimum absolute atomic E-state index is 0.462. The molecule has 1 nitrogen and oxygen atoms in total. The normalized spacial score (nSPS) is 23.3. The lowest BCUT2D eigenvalue weighted by Crippen LogP contribution is -2.31. The summed E-state index contributed by atoms with van der Waals surface area (Å²) in [7, 11) is 2.15. The molecule has 1 aromatic carbocycles. The number of nitrogens with zero attached hydrogens (tertiary/aromatic N) is 1. The first-order valence-corrected chi connectivity index (χ1v) is 5.77. The van der Waals surface area contributed by atoms with E-state index in [1.54, 1.807) is 0 Å². The van der Waals surface area contributed by atoms with Gasteiger partial charge in [-0.05, 0) is 18.2 Å². The quantitative estimate of drug-likeness (QED) is 0.695. The van der Waals surface area contributed by atoms with Crippen LogP contribution in [0.4, 0.5) is 0 Å². The van der Waals surface area contributed by atoms with Crippen molar-refractivity contribution in [3.63, 3.8) is 0 Å². The molecule has 74 valence electrons. The van der Waals surface area contributed by atoms with E-state index in [0.717, 1.165) is 13.1 Å². The van der Waals surface area contributed by atoms with Crippen LogP contribution in [-0.4, -0.2) is 29.9 Å². The fraction of sp³-hybridized carbons (Fsp3) is 0.333. The summed E-state index contributed by atoms with van der Waals surface area (Å²) in [5, 5.41) is 0. The van der Waals surface area contributed by atoms with E-state index in [-0.39, 0.29) is 0 Å². The average Bonchev–Trinajstić information content (AvgIpc) is 2.19. The molecule has 0 N–H and O–H groups in total. The molecule has 14 heavy (non-hydrogen) atoms. The number of hydrogen-bond donors (Lipinski definition) is 0. The fourth-order valence-electron chi connectivity index (χ4n) is 1.76. The van der Waals surface area contributed by atoms with Crippen LogP contribution in [0.2, 0.25) is 0 Å². The van der Waals surface area contributed by atoms with Crippen molar-refractivity contribution in [1.29, 1.82) is 0 Å². The van der Waals surface area contributed by atoms with Crippen molar-refractivity contribution in [2.24, 2.45) is 0 Å². The summed E-state index contributed by atoms with van der Waals surface area (Å²) in [4.78, 5) is 2.77. The SMILES string of the molecule is CN1CC=C(c2ccccc2)C(Br)C1. The van der Waals surface area contributed by atoms with Crippen LogP contribution in [0.3, 0.4) is 0 Å². The number of halogens is 1. The van der Waals surface area contributed by atoms with Crippen molar-refractivity contribution < 1.29 is 0 Å². The average molecular weight is 252 g/mol. The van der Waals surface area contributed by atoms with Crippen molar-refractivity contribution in [1.82, 2.24) is 4.90 Å². The number of hydrogen-bond acceptors (Lipinski definition) is 1. The first-order chi connectivity index (χ1) is 6.77. The Morgan fingerprint density at radius 3 is 2.64 bits per heavy atom. The van der Waals surface area contributed by atoms with Gasteiger partial charge in [-0.2, -0.15) is 0 Å². The van der Waals surface area contributed by atoms with Crippen LogP contribution >= 0.6 is 15.9 Å². The Morgan fingerprint density at radius 2 is 2.00 bits per heavy atom. The summed E-state index contributed by atoms with van der Waals surface area (Å²) in [6, 6.07) is 10.6. The monoisotopic (exact) mass is 251 g/mol. The van der Waals surface area contributed by atoms with E-state index in [4.69, 9.17) is 0 Å². The smallest absolute Gasteiger partial charge is 0.0525 e. The molecule has 1 aromatic rings. The van der Waals surface area contributed by atoms with Gasteiger partial charge in [0, 0.05) is 13.1 Å². The molecular formula is C12H14BrN. The minimum Gasteiger partial charge on any atom is -0.301 e. The van der Waals surface area contributed by atoms with Crippen LogP contribution < -0.4 is 0 Å². The van der Waals surface area contributed by atoms with Gasteiger partial charge in [-0.25, -0.2) is 0 Å². The van der Waals surface area contributed by atoms with Gasteiger partial charge in [-0.3, -0.25) is 0 Å². The molecular weight excluding hydrogens is 238 g/mol. The highest BCUT2D eigenvalue weighted by Gasteiger charge is 2.18. The topological polar surface area (TPSA) is 3.24 Å². The maximum absolute atomic E-state index is 3.72. The van der Waals surface area contributed by atoms with Crippen molar-refractivity contribution in [3.8, 4) is 0 Å². The van der Waals surface area contributed by atoms with Crippen LogP contribution in [-0.2, 0) is 0 Å². The Bertz CT molecular complexity index is 331. The Morgan fingerprint density at radius 1 is 1.29 bits per heavy atom. The minimum atomic E-state index is 0.462. The van der Waals surface area contributed by atoms with Crippen LogP contribution in [0.1, 0.15) is 5.56 Å². The van der Waals surface area contributed by atoms with Crippen LogP contribution in [0, 0.1) is 0 Å². The summed E-state index contributed by atoms with van der Waals surface area (Å²) in [5.74, 6) is 0. The molecule has 1 unspecified atom stereocenters. The van der Waals surface area contributed by atoms with E-state index in [1.165, 1.54) is 11.1 Å². The number of rotatable bonds is 1. The van der Waals surface area contributed by atoms with E-state index in [2.05, 4.69) is 64.3 Å². The maximum atomic E-state index is 3.72. The lowest BCUT2D eigenvalue weighted by Gasteiger charge is -2.26. The predicted molar refractivity (Wildman–Crippen MR) is 64.6 cm³/mol. The van der Waals surface area contributed by atoms with Gasteiger partial charge < -0.3 is 4.90 Å². The fourth-order valence-corrected chi connectivity index (χ4v) is 2.70. The number of benzene rings is 1. The van der Waals surface area contributed by atoms with Crippen molar-refractivity contribution in [2.45, 2.75) is 4.83 Å². The third-order valence-electron chi connectivity index (χ3n) is 2.54. The summed E-state index contributed by atoms with van der Waals surface area (Å²) in [5.41, 5.74) is 2.76. The van der Waals surface area contributed by atoms with Gasteiger partial charge in [0.15, 0.2) is 0 Å². The zero-order chi connectivity index (χ0) is 9.97. The molecule has 1 atom stereocenters. The standard InChI is InChI=1S/C12H14BrN/c1-14-8-7-11(12(13)9-14)10-5-3-2-4-6-10/h2-7,12H,8-9H2,1H3. The molecule has 0 fully saturated rings. The van der Waals surface area contributed by atoms with Gasteiger partial charge in [0.1, 0.15) is 0 Å². The second-order valence-electron chi connectivity index (χ2n) is 3.71. The van der Waals surface area contributed by atoms with E-state index in [1.807, 2.05) is 0 Å². The molecule has 0 aliphatic carbocycles. The van der Waals surface area contributed by atoms with E-state index < -0.39 is 0 Å². The molecule has 0 saturated carbocycles. The molecule has 0 bridgehead atoms. The van der Waals surface area contributed by atoms with E-state index in [0.29, 0.717) is 4.83 Å². The second kappa shape index (κ2) is 4.28.